The highest BCUT2D eigenvalue weighted by molar-refractivity contribution is 5.74. The zero-order valence-corrected chi connectivity index (χ0v) is 11.5. The van der Waals surface area contributed by atoms with Crippen molar-refractivity contribution in [2.75, 3.05) is 0 Å². The lowest BCUT2D eigenvalue weighted by atomic mass is 10.3. The van der Waals surface area contributed by atoms with Crippen LogP contribution >= 0.6 is 0 Å². The van der Waals surface area contributed by atoms with E-state index in [1.807, 2.05) is 0 Å². The van der Waals surface area contributed by atoms with Gasteiger partial charge in [-0.05, 0) is 12.1 Å². The van der Waals surface area contributed by atoms with Crippen molar-refractivity contribution in [1.82, 2.24) is 24.8 Å². The average molecular weight is 325 g/mol. The highest BCUT2D eigenvalue weighted by atomic mass is 19.4. The van der Waals surface area contributed by atoms with E-state index < -0.39 is 24.4 Å². The van der Waals surface area contributed by atoms with Gasteiger partial charge in [-0.3, -0.25) is 4.79 Å². The normalized spacial score (nSPS) is 13.4. The van der Waals surface area contributed by atoms with Gasteiger partial charge < -0.3 is 5.11 Å². The van der Waals surface area contributed by atoms with Crippen molar-refractivity contribution in [3.63, 3.8) is 0 Å². The minimum Gasteiger partial charge on any atom is -0.382 e. The van der Waals surface area contributed by atoms with E-state index in [1.54, 1.807) is 30.3 Å². The molecule has 0 aliphatic rings. The second-order valence-corrected chi connectivity index (χ2v) is 4.76. The largest absolute Gasteiger partial charge is 0.416 e. The van der Waals surface area contributed by atoms with E-state index in [1.165, 1.54) is 10.9 Å². The molecule has 1 unspecified atom stereocenters. The summed E-state index contributed by atoms with van der Waals surface area (Å²) in [5, 5.41) is 20.3. The molecule has 0 aliphatic heterocycles. The Bertz CT molecular complexity index is 888. The minimum atomic E-state index is -4.84. The smallest absolute Gasteiger partial charge is 0.382 e. The summed E-state index contributed by atoms with van der Waals surface area (Å²) in [5.74, 6) is 0. The number of hydrogen-bond donors (Lipinski definition) is 1. The van der Waals surface area contributed by atoms with Gasteiger partial charge >= 0.3 is 6.18 Å². The van der Waals surface area contributed by atoms with Crippen LogP contribution in [-0.4, -0.2) is 42.2 Å². The molecule has 0 amide bonds. The molecular weight excluding hydrogens is 315 g/mol. The van der Waals surface area contributed by atoms with Crippen molar-refractivity contribution in [3.8, 4) is 5.69 Å². The van der Waals surface area contributed by atoms with Gasteiger partial charge in [-0.25, -0.2) is 9.36 Å². The van der Waals surface area contributed by atoms with E-state index in [2.05, 4.69) is 15.4 Å². The van der Waals surface area contributed by atoms with Crippen molar-refractivity contribution in [3.05, 3.63) is 46.9 Å². The number of halogens is 3. The fourth-order valence-electron chi connectivity index (χ4n) is 2.01. The topological polar surface area (TPSA) is 85.8 Å². The summed E-state index contributed by atoms with van der Waals surface area (Å²) in [4.78, 5) is 12.2. The second-order valence-electron chi connectivity index (χ2n) is 4.76. The van der Waals surface area contributed by atoms with Gasteiger partial charge in [0.25, 0.3) is 5.56 Å². The van der Waals surface area contributed by atoms with Gasteiger partial charge in [0.05, 0.1) is 18.4 Å². The Morgan fingerprint density at radius 1 is 1.22 bits per heavy atom. The van der Waals surface area contributed by atoms with Crippen LogP contribution in [0.25, 0.3) is 16.7 Å². The van der Waals surface area contributed by atoms with Crippen molar-refractivity contribution in [2.45, 2.75) is 18.8 Å². The molecular formula is C13H10F3N5O2. The quantitative estimate of drug-likeness (QED) is 0.773. The molecule has 10 heteroatoms. The molecule has 120 valence electrons. The van der Waals surface area contributed by atoms with Crippen LogP contribution in [0.4, 0.5) is 13.2 Å². The molecule has 0 spiro atoms. The maximum atomic E-state index is 12.4. The van der Waals surface area contributed by atoms with Crippen LogP contribution in [0, 0.1) is 0 Å². The van der Waals surface area contributed by atoms with Gasteiger partial charge in [-0.15, -0.1) is 5.10 Å². The summed E-state index contributed by atoms with van der Waals surface area (Å²) < 4.78 is 39.0. The Hall–Kier alpha value is -2.75. The molecule has 2 aromatic heterocycles. The lowest BCUT2D eigenvalue weighted by Gasteiger charge is -2.14. The summed E-state index contributed by atoms with van der Waals surface area (Å²) in [6.07, 6.45) is -6.34. The second kappa shape index (κ2) is 5.47. The molecule has 0 saturated carbocycles. The van der Waals surface area contributed by atoms with Gasteiger partial charge in [-0.1, -0.05) is 23.4 Å². The summed E-state index contributed by atoms with van der Waals surface area (Å²) in [7, 11) is 0. The molecule has 0 saturated heterocycles. The number of aliphatic hydroxyl groups excluding tert-OH is 1. The fraction of sp³-hybridized carbons (Fsp3) is 0.231. The first-order valence-electron chi connectivity index (χ1n) is 6.49. The van der Waals surface area contributed by atoms with Crippen LogP contribution in [0.5, 0.6) is 0 Å². The van der Waals surface area contributed by atoms with Gasteiger partial charge in [0.2, 0.25) is 0 Å². The first kappa shape index (κ1) is 15.2. The molecule has 0 radical (unpaired) electrons. The highest BCUT2D eigenvalue weighted by Gasteiger charge is 2.39. The van der Waals surface area contributed by atoms with Crippen molar-refractivity contribution in [2.24, 2.45) is 0 Å². The zero-order valence-electron chi connectivity index (χ0n) is 11.5. The van der Waals surface area contributed by atoms with E-state index in [0.29, 0.717) is 10.4 Å². The number of aromatic nitrogens is 5. The molecule has 0 aliphatic carbocycles. The predicted octanol–water partition coefficient (Wildman–Crippen LogP) is 0.900. The lowest BCUT2D eigenvalue weighted by Crippen LogP contribution is -2.37. The first-order chi connectivity index (χ1) is 10.9. The minimum absolute atomic E-state index is 0.0122. The maximum absolute atomic E-state index is 12.4. The standard InChI is InChI=1S/C13H10F3N5O2/c14-13(15,16)10(22)7-20-12(23)9-6-17-21(11(9)18-19-20)8-4-2-1-3-5-8/h1-6,10,22H,7H2. The molecule has 2 heterocycles. The molecule has 1 atom stereocenters. The number of benzene rings is 1. The Labute approximate surface area is 126 Å². The summed E-state index contributed by atoms with van der Waals surface area (Å²) in [6.45, 7) is -1.03. The number of para-hydroxylation sites is 1. The summed E-state index contributed by atoms with van der Waals surface area (Å²) in [5.41, 5.74) is -0.0521. The third-order valence-electron chi connectivity index (χ3n) is 3.18. The molecule has 3 rings (SSSR count). The van der Waals surface area contributed by atoms with E-state index >= 15 is 0 Å². The van der Waals surface area contributed by atoms with E-state index in [0.717, 1.165) is 0 Å². The summed E-state index contributed by atoms with van der Waals surface area (Å²) >= 11 is 0. The van der Waals surface area contributed by atoms with Crippen molar-refractivity contribution >= 4 is 11.0 Å². The highest BCUT2D eigenvalue weighted by Crippen LogP contribution is 2.20. The van der Waals surface area contributed by atoms with Gasteiger partial charge in [0.15, 0.2) is 11.8 Å². The number of hydrogen-bond acceptors (Lipinski definition) is 5. The van der Waals surface area contributed by atoms with Gasteiger partial charge in [-0.2, -0.15) is 18.3 Å². The van der Waals surface area contributed by atoms with Crippen LogP contribution in [0.15, 0.2) is 41.3 Å². The SMILES string of the molecule is O=c1c2cnn(-c3ccccc3)c2nnn1CC(O)C(F)(F)F. The van der Waals surface area contributed by atoms with E-state index in [4.69, 9.17) is 5.11 Å². The number of aliphatic hydroxyl groups is 1. The van der Waals surface area contributed by atoms with Crippen LogP contribution < -0.4 is 5.56 Å². The van der Waals surface area contributed by atoms with E-state index in [9.17, 15) is 18.0 Å². The number of rotatable bonds is 3. The molecule has 1 aromatic carbocycles. The third-order valence-corrected chi connectivity index (χ3v) is 3.18. The van der Waals surface area contributed by atoms with Crippen molar-refractivity contribution in [1.29, 1.82) is 0 Å². The Morgan fingerprint density at radius 2 is 1.91 bits per heavy atom. The zero-order chi connectivity index (χ0) is 16.6. The first-order valence-corrected chi connectivity index (χ1v) is 6.49. The molecule has 23 heavy (non-hydrogen) atoms. The Balaban J connectivity index is 2.04. The van der Waals surface area contributed by atoms with Crippen LogP contribution in [0.1, 0.15) is 0 Å². The average Bonchev–Trinajstić information content (AvgIpc) is 2.94. The number of alkyl halides is 3. The molecule has 3 aromatic rings. The van der Waals surface area contributed by atoms with Gasteiger partial charge in [0.1, 0.15) is 5.39 Å². The monoisotopic (exact) mass is 325 g/mol. The maximum Gasteiger partial charge on any atom is 0.416 e. The predicted molar refractivity (Wildman–Crippen MR) is 73.0 cm³/mol. The van der Waals surface area contributed by atoms with Crippen molar-refractivity contribution < 1.29 is 18.3 Å². The number of fused-ring (bicyclic) bond motifs is 1. The van der Waals surface area contributed by atoms with Crippen LogP contribution in [0.3, 0.4) is 0 Å². The molecule has 1 N–H and O–H groups in total. The Kier molecular flexibility index (Phi) is 3.60. The van der Waals surface area contributed by atoms with Crippen LogP contribution in [0.2, 0.25) is 0 Å². The summed E-state index contributed by atoms with van der Waals surface area (Å²) in [6, 6.07) is 8.78. The fourth-order valence-corrected chi connectivity index (χ4v) is 2.01. The Morgan fingerprint density at radius 3 is 2.57 bits per heavy atom. The third kappa shape index (κ3) is 2.80. The van der Waals surface area contributed by atoms with Crippen LogP contribution in [-0.2, 0) is 6.54 Å². The molecule has 0 fully saturated rings. The molecule has 0 bridgehead atoms. The van der Waals surface area contributed by atoms with Gasteiger partial charge in [0, 0.05) is 0 Å². The lowest BCUT2D eigenvalue weighted by molar-refractivity contribution is -0.208. The number of nitrogens with zero attached hydrogens (tertiary/aromatic N) is 5. The molecule has 7 nitrogen and oxygen atoms in total. The van der Waals surface area contributed by atoms with E-state index in [-0.39, 0.29) is 11.0 Å².